The molecule has 0 spiro atoms. The van der Waals surface area contributed by atoms with Crippen molar-refractivity contribution in [2.75, 3.05) is 19.7 Å². The van der Waals surface area contributed by atoms with E-state index in [1.807, 2.05) is 5.32 Å². The van der Waals surface area contributed by atoms with E-state index in [-0.39, 0.29) is 0 Å². The van der Waals surface area contributed by atoms with E-state index in [1.165, 1.54) is 0 Å². The Labute approximate surface area is 156 Å². The zero-order chi connectivity index (χ0) is 21.0. The highest BCUT2D eigenvalue weighted by molar-refractivity contribution is 5.92. The fourth-order valence-corrected chi connectivity index (χ4v) is 2.02. The minimum atomic E-state index is -1.60. The molecule has 12 nitrogen and oxygen atoms in total. The molecule has 3 amide bonds. The van der Waals surface area contributed by atoms with Crippen LogP contribution < -0.4 is 27.4 Å². The molecule has 27 heavy (non-hydrogen) atoms. The number of amides is 3. The van der Waals surface area contributed by atoms with E-state index in [2.05, 4.69) is 10.6 Å². The Morgan fingerprint density at radius 3 is 2.19 bits per heavy atom. The summed E-state index contributed by atoms with van der Waals surface area (Å²) in [5.41, 5.74) is 11.0. The quantitative estimate of drug-likeness (QED) is 0.143. The number of hydrogen-bond donors (Lipinski definition) is 8. The molecule has 0 aromatic rings. The van der Waals surface area contributed by atoms with E-state index in [0.29, 0.717) is 19.4 Å². The topological polar surface area (TPSA) is 217 Å². The summed E-state index contributed by atoms with van der Waals surface area (Å²) in [6.07, 6.45) is 0.403. The number of aliphatic hydroxyl groups is 2. The number of rotatable bonds is 13. The van der Waals surface area contributed by atoms with Crippen molar-refractivity contribution in [2.24, 2.45) is 11.5 Å². The van der Waals surface area contributed by atoms with Gasteiger partial charge < -0.3 is 42.7 Å². The standard InChI is InChI=1S/C15H29N5O7/c1-8(22)12(15(26)27)20-14(25)10(7-21)19-11(23)6-18-13(24)9(17)4-2-3-5-16/h8-10,12,21-22H,2-7,16-17H2,1H3,(H,18,24)(H,19,23)(H,20,25)(H,26,27). The van der Waals surface area contributed by atoms with Gasteiger partial charge in [-0.2, -0.15) is 0 Å². The molecule has 0 saturated heterocycles. The number of carbonyl (C=O) groups is 4. The van der Waals surface area contributed by atoms with Gasteiger partial charge in [0.05, 0.1) is 25.3 Å². The van der Waals surface area contributed by atoms with Crippen LogP contribution in [0.3, 0.4) is 0 Å². The molecule has 0 bridgehead atoms. The van der Waals surface area contributed by atoms with Crippen molar-refractivity contribution in [3.63, 3.8) is 0 Å². The van der Waals surface area contributed by atoms with E-state index in [0.717, 1.165) is 13.3 Å². The molecule has 12 heteroatoms. The van der Waals surface area contributed by atoms with Gasteiger partial charge >= 0.3 is 5.97 Å². The van der Waals surface area contributed by atoms with Crippen molar-refractivity contribution in [2.45, 2.75) is 50.4 Å². The zero-order valence-electron chi connectivity index (χ0n) is 15.2. The summed E-state index contributed by atoms with van der Waals surface area (Å²) in [6, 6.07) is -3.86. The first-order valence-corrected chi connectivity index (χ1v) is 8.48. The molecule has 0 saturated carbocycles. The smallest absolute Gasteiger partial charge is 0.328 e. The SMILES string of the molecule is CC(O)C(NC(=O)C(CO)NC(=O)CNC(=O)C(N)CCCCN)C(=O)O. The lowest BCUT2D eigenvalue weighted by atomic mass is 10.1. The van der Waals surface area contributed by atoms with Gasteiger partial charge in [0.25, 0.3) is 0 Å². The van der Waals surface area contributed by atoms with E-state index in [9.17, 15) is 29.4 Å². The van der Waals surface area contributed by atoms with Crippen LogP contribution in [-0.2, 0) is 19.2 Å². The van der Waals surface area contributed by atoms with Crippen LogP contribution in [0.25, 0.3) is 0 Å². The Morgan fingerprint density at radius 2 is 1.70 bits per heavy atom. The van der Waals surface area contributed by atoms with Crippen molar-refractivity contribution in [1.29, 1.82) is 0 Å². The molecule has 0 aliphatic rings. The van der Waals surface area contributed by atoms with Crippen molar-refractivity contribution < 1.29 is 34.5 Å². The van der Waals surface area contributed by atoms with Gasteiger partial charge in [-0.3, -0.25) is 14.4 Å². The fraction of sp³-hybridized carbons (Fsp3) is 0.733. The summed E-state index contributed by atoms with van der Waals surface area (Å²) in [6.45, 7) is 0.360. The van der Waals surface area contributed by atoms with Crippen LogP contribution in [0.2, 0.25) is 0 Å². The molecule has 4 unspecified atom stereocenters. The number of nitrogens with two attached hydrogens (primary N) is 2. The molecular formula is C15H29N5O7. The van der Waals surface area contributed by atoms with E-state index >= 15 is 0 Å². The largest absolute Gasteiger partial charge is 0.480 e. The highest BCUT2D eigenvalue weighted by Crippen LogP contribution is 1.98. The Balaban J connectivity index is 4.48. The highest BCUT2D eigenvalue weighted by atomic mass is 16.4. The number of carboxylic acid groups (broad SMARTS) is 1. The molecular weight excluding hydrogens is 362 g/mol. The Morgan fingerprint density at radius 1 is 1.07 bits per heavy atom. The maximum atomic E-state index is 11.9. The average molecular weight is 391 g/mol. The molecule has 0 aromatic heterocycles. The summed E-state index contributed by atoms with van der Waals surface area (Å²) >= 11 is 0. The van der Waals surface area contributed by atoms with Gasteiger partial charge in [-0.1, -0.05) is 6.42 Å². The van der Waals surface area contributed by atoms with Gasteiger partial charge in [-0.05, 0) is 26.3 Å². The fourth-order valence-electron chi connectivity index (χ4n) is 2.02. The van der Waals surface area contributed by atoms with E-state index in [1.54, 1.807) is 0 Å². The van der Waals surface area contributed by atoms with Crippen LogP contribution in [-0.4, -0.2) is 82.9 Å². The average Bonchev–Trinajstić information content (AvgIpc) is 2.61. The molecule has 0 aliphatic carbocycles. The molecule has 0 aliphatic heterocycles. The normalized spacial score (nSPS) is 15.1. The molecule has 0 fully saturated rings. The minimum absolute atomic E-state index is 0.405. The Bertz CT molecular complexity index is 515. The second-order valence-electron chi connectivity index (χ2n) is 5.98. The summed E-state index contributed by atoms with van der Waals surface area (Å²) in [4.78, 5) is 46.5. The first kappa shape index (κ1) is 24.7. The number of aliphatic carboxylic acids is 1. The van der Waals surface area contributed by atoms with Gasteiger partial charge in [-0.15, -0.1) is 0 Å². The number of unbranched alkanes of at least 4 members (excludes halogenated alkanes) is 1. The maximum Gasteiger partial charge on any atom is 0.328 e. The molecule has 4 atom stereocenters. The van der Waals surface area contributed by atoms with Crippen LogP contribution in [0.5, 0.6) is 0 Å². The molecule has 10 N–H and O–H groups in total. The predicted octanol–water partition coefficient (Wildman–Crippen LogP) is -4.01. The second-order valence-corrected chi connectivity index (χ2v) is 5.98. The second kappa shape index (κ2) is 13.0. The van der Waals surface area contributed by atoms with E-state index < -0.39 is 61.1 Å². The van der Waals surface area contributed by atoms with Crippen molar-refractivity contribution >= 4 is 23.7 Å². The summed E-state index contributed by atoms with van der Waals surface area (Å²) in [5, 5.41) is 33.9. The van der Waals surface area contributed by atoms with Gasteiger partial charge in [0.1, 0.15) is 6.04 Å². The van der Waals surface area contributed by atoms with Crippen LogP contribution in [0.4, 0.5) is 0 Å². The highest BCUT2D eigenvalue weighted by Gasteiger charge is 2.29. The number of nitrogens with one attached hydrogen (secondary N) is 3. The number of carbonyl (C=O) groups excluding carboxylic acids is 3. The number of aliphatic hydroxyl groups excluding tert-OH is 2. The van der Waals surface area contributed by atoms with Gasteiger partial charge in [0, 0.05) is 0 Å². The lowest BCUT2D eigenvalue weighted by Gasteiger charge is -2.21. The van der Waals surface area contributed by atoms with Crippen LogP contribution in [0.1, 0.15) is 26.2 Å². The third kappa shape index (κ3) is 9.84. The van der Waals surface area contributed by atoms with Crippen LogP contribution in [0, 0.1) is 0 Å². The van der Waals surface area contributed by atoms with Crippen LogP contribution in [0.15, 0.2) is 0 Å². The molecule has 0 rings (SSSR count). The zero-order valence-corrected chi connectivity index (χ0v) is 15.2. The minimum Gasteiger partial charge on any atom is -0.480 e. The van der Waals surface area contributed by atoms with Crippen molar-refractivity contribution in [3.05, 3.63) is 0 Å². The summed E-state index contributed by atoms with van der Waals surface area (Å²) in [5.74, 6) is -3.80. The third-order valence-electron chi connectivity index (χ3n) is 3.61. The van der Waals surface area contributed by atoms with Gasteiger partial charge in [0.15, 0.2) is 6.04 Å². The lowest BCUT2D eigenvalue weighted by Crippen LogP contribution is -2.57. The maximum absolute atomic E-state index is 11.9. The summed E-state index contributed by atoms with van der Waals surface area (Å²) in [7, 11) is 0. The summed E-state index contributed by atoms with van der Waals surface area (Å²) < 4.78 is 0. The van der Waals surface area contributed by atoms with Gasteiger partial charge in [-0.25, -0.2) is 4.79 Å². The van der Waals surface area contributed by atoms with Crippen molar-refractivity contribution in [3.8, 4) is 0 Å². The third-order valence-corrected chi connectivity index (χ3v) is 3.61. The number of hydrogen-bond acceptors (Lipinski definition) is 8. The van der Waals surface area contributed by atoms with E-state index in [4.69, 9.17) is 16.6 Å². The molecule has 156 valence electrons. The Kier molecular flexibility index (Phi) is 11.9. The molecule has 0 heterocycles. The predicted molar refractivity (Wildman–Crippen MR) is 94.2 cm³/mol. The Hall–Kier alpha value is -2.28. The van der Waals surface area contributed by atoms with Gasteiger partial charge in [0.2, 0.25) is 17.7 Å². The first-order chi connectivity index (χ1) is 12.6. The molecule has 0 radical (unpaired) electrons. The molecule has 0 aromatic carbocycles. The lowest BCUT2D eigenvalue weighted by molar-refractivity contribution is -0.145. The number of carboxylic acids is 1. The van der Waals surface area contributed by atoms with Crippen LogP contribution >= 0.6 is 0 Å². The van der Waals surface area contributed by atoms with Crippen molar-refractivity contribution in [1.82, 2.24) is 16.0 Å². The monoisotopic (exact) mass is 391 g/mol. The first-order valence-electron chi connectivity index (χ1n) is 8.48.